The molecule has 0 spiro atoms. The number of aryl methyl sites for hydroxylation is 1. The Labute approximate surface area is 123 Å². The summed E-state index contributed by atoms with van der Waals surface area (Å²) in [6.45, 7) is 1.12. The first-order valence-corrected chi connectivity index (χ1v) is 7.87. The van der Waals surface area contributed by atoms with Crippen LogP contribution in [-0.2, 0) is 30.7 Å². The number of ether oxygens (including phenoxy) is 1. The second-order valence-corrected chi connectivity index (χ2v) is 6.38. The quantitative estimate of drug-likeness (QED) is 0.940. The normalized spacial score (nSPS) is 18.0. The van der Waals surface area contributed by atoms with Gasteiger partial charge in [-0.2, -0.15) is 0 Å². The number of nitrogens with two attached hydrogens (primary N) is 1. The van der Waals surface area contributed by atoms with Gasteiger partial charge in [0, 0.05) is 24.4 Å². The summed E-state index contributed by atoms with van der Waals surface area (Å²) in [5.41, 5.74) is 9.81. The molecule has 1 atom stereocenters. The Hall–Kier alpha value is -1.23. The molecular weight excluding hydrogens is 268 g/mol. The molecule has 1 aliphatic rings. The van der Waals surface area contributed by atoms with Crippen molar-refractivity contribution in [3.05, 3.63) is 51.0 Å². The summed E-state index contributed by atoms with van der Waals surface area (Å²) in [6.07, 6.45) is 3.43. The summed E-state index contributed by atoms with van der Waals surface area (Å²) in [5.74, 6) is 0.533. The van der Waals surface area contributed by atoms with Crippen molar-refractivity contribution < 1.29 is 4.74 Å². The summed E-state index contributed by atoms with van der Waals surface area (Å²) in [5, 5.41) is 1.23. The van der Waals surface area contributed by atoms with Gasteiger partial charge >= 0.3 is 0 Å². The molecule has 1 unspecified atom stereocenters. The van der Waals surface area contributed by atoms with E-state index < -0.39 is 0 Å². The lowest BCUT2D eigenvalue weighted by atomic mass is 9.84. The van der Waals surface area contributed by atoms with Gasteiger partial charge in [0.1, 0.15) is 0 Å². The number of nitrogens with zero attached hydrogens (tertiary/aromatic N) is 1. The van der Waals surface area contributed by atoms with Crippen molar-refractivity contribution in [1.29, 1.82) is 0 Å². The monoisotopic (exact) mass is 288 g/mol. The minimum Gasteiger partial charge on any atom is -0.378 e. The van der Waals surface area contributed by atoms with E-state index in [4.69, 9.17) is 15.5 Å². The SMILES string of the molecule is COCc1nc(C2CCc3ccccc3C2)sc1CN. The molecule has 3 rings (SSSR count). The molecule has 106 valence electrons. The predicted molar refractivity (Wildman–Crippen MR) is 81.9 cm³/mol. The van der Waals surface area contributed by atoms with Gasteiger partial charge in [0.15, 0.2) is 0 Å². The van der Waals surface area contributed by atoms with Crippen LogP contribution in [0.25, 0.3) is 0 Å². The minimum absolute atomic E-state index is 0.533. The standard InChI is InChI=1S/C16H20N2OS/c1-19-10-14-15(9-17)20-16(18-14)13-7-6-11-4-2-3-5-12(11)8-13/h2-5,13H,6-10,17H2,1H3. The van der Waals surface area contributed by atoms with Crippen LogP contribution in [0.5, 0.6) is 0 Å². The average molecular weight is 288 g/mol. The maximum absolute atomic E-state index is 5.82. The smallest absolute Gasteiger partial charge is 0.0967 e. The van der Waals surface area contributed by atoms with Gasteiger partial charge in [-0.3, -0.25) is 0 Å². The first kappa shape index (κ1) is 13.7. The highest BCUT2D eigenvalue weighted by atomic mass is 32.1. The highest BCUT2D eigenvalue weighted by Gasteiger charge is 2.23. The maximum atomic E-state index is 5.82. The number of hydrogen-bond donors (Lipinski definition) is 1. The van der Waals surface area contributed by atoms with Crippen molar-refractivity contribution in [2.24, 2.45) is 5.73 Å². The number of methoxy groups -OCH3 is 1. The molecule has 3 nitrogen and oxygen atoms in total. The molecule has 0 radical (unpaired) electrons. The lowest BCUT2D eigenvalue weighted by Gasteiger charge is -2.22. The molecule has 2 aromatic rings. The second kappa shape index (κ2) is 6.04. The average Bonchev–Trinajstić information content (AvgIpc) is 2.90. The largest absolute Gasteiger partial charge is 0.378 e. The molecule has 0 aliphatic heterocycles. The molecule has 20 heavy (non-hydrogen) atoms. The third-order valence-electron chi connectivity index (χ3n) is 3.96. The summed E-state index contributed by atoms with van der Waals surface area (Å²) in [7, 11) is 1.70. The van der Waals surface area contributed by atoms with E-state index in [1.54, 1.807) is 18.4 Å². The lowest BCUT2D eigenvalue weighted by molar-refractivity contribution is 0.181. The van der Waals surface area contributed by atoms with Crippen LogP contribution in [0.1, 0.15) is 39.0 Å². The van der Waals surface area contributed by atoms with E-state index in [0.717, 1.165) is 18.5 Å². The molecule has 0 fully saturated rings. The van der Waals surface area contributed by atoms with Crippen LogP contribution in [0.4, 0.5) is 0 Å². The van der Waals surface area contributed by atoms with Crippen LogP contribution in [0, 0.1) is 0 Å². The maximum Gasteiger partial charge on any atom is 0.0967 e. The highest BCUT2D eigenvalue weighted by molar-refractivity contribution is 7.11. The van der Waals surface area contributed by atoms with Crippen molar-refractivity contribution in [3.63, 3.8) is 0 Å². The summed E-state index contributed by atoms with van der Waals surface area (Å²) < 4.78 is 5.22. The summed E-state index contributed by atoms with van der Waals surface area (Å²) >= 11 is 1.76. The first-order valence-electron chi connectivity index (χ1n) is 7.06. The van der Waals surface area contributed by atoms with Crippen molar-refractivity contribution in [3.8, 4) is 0 Å². The van der Waals surface area contributed by atoms with Gasteiger partial charge in [-0.15, -0.1) is 11.3 Å². The van der Waals surface area contributed by atoms with Gasteiger partial charge in [-0.05, 0) is 30.4 Å². The van der Waals surface area contributed by atoms with Crippen molar-refractivity contribution in [1.82, 2.24) is 4.98 Å². The van der Waals surface area contributed by atoms with E-state index in [-0.39, 0.29) is 0 Å². The molecule has 0 saturated carbocycles. The molecule has 0 amide bonds. The Bertz CT molecular complexity index is 594. The second-order valence-electron chi connectivity index (χ2n) is 5.27. The van der Waals surface area contributed by atoms with E-state index in [1.165, 1.54) is 27.4 Å². The summed E-state index contributed by atoms with van der Waals surface area (Å²) in [6, 6.07) is 8.75. The molecule has 4 heteroatoms. The van der Waals surface area contributed by atoms with Crippen LogP contribution < -0.4 is 5.73 Å². The lowest BCUT2D eigenvalue weighted by Crippen LogP contribution is -2.12. The van der Waals surface area contributed by atoms with Crippen molar-refractivity contribution in [2.45, 2.75) is 38.3 Å². The zero-order valence-electron chi connectivity index (χ0n) is 11.8. The molecular formula is C16H20N2OS. The van der Waals surface area contributed by atoms with Crippen LogP contribution in [0.15, 0.2) is 24.3 Å². The Morgan fingerprint density at radius 1 is 1.35 bits per heavy atom. The molecule has 1 aliphatic carbocycles. The molecule has 0 bridgehead atoms. The van der Waals surface area contributed by atoms with Crippen molar-refractivity contribution >= 4 is 11.3 Å². The van der Waals surface area contributed by atoms with Crippen LogP contribution >= 0.6 is 11.3 Å². The minimum atomic E-state index is 0.533. The zero-order chi connectivity index (χ0) is 13.9. The molecule has 2 N–H and O–H groups in total. The van der Waals surface area contributed by atoms with Gasteiger partial charge in [0.05, 0.1) is 17.3 Å². The number of hydrogen-bond acceptors (Lipinski definition) is 4. The fourth-order valence-electron chi connectivity index (χ4n) is 2.90. The Balaban J connectivity index is 1.84. The van der Waals surface area contributed by atoms with Crippen LogP contribution in [0.2, 0.25) is 0 Å². The van der Waals surface area contributed by atoms with E-state index in [2.05, 4.69) is 24.3 Å². The predicted octanol–water partition coefficient (Wildman–Crippen LogP) is 3.02. The van der Waals surface area contributed by atoms with Gasteiger partial charge in [0.2, 0.25) is 0 Å². The fourth-order valence-corrected chi connectivity index (χ4v) is 3.98. The summed E-state index contributed by atoms with van der Waals surface area (Å²) in [4.78, 5) is 5.95. The van der Waals surface area contributed by atoms with Crippen molar-refractivity contribution in [2.75, 3.05) is 7.11 Å². The first-order chi connectivity index (χ1) is 9.81. The Morgan fingerprint density at radius 2 is 2.15 bits per heavy atom. The van der Waals surface area contributed by atoms with E-state index in [1.807, 2.05) is 0 Å². The molecule has 1 heterocycles. The number of benzene rings is 1. The number of aromatic nitrogens is 1. The highest BCUT2D eigenvalue weighted by Crippen LogP contribution is 2.35. The van der Waals surface area contributed by atoms with Gasteiger partial charge in [-0.1, -0.05) is 24.3 Å². The van der Waals surface area contributed by atoms with Crippen LogP contribution in [0.3, 0.4) is 0 Å². The third kappa shape index (κ3) is 2.64. The third-order valence-corrected chi connectivity index (χ3v) is 5.24. The Morgan fingerprint density at radius 3 is 2.90 bits per heavy atom. The molecule has 1 aromatic carbocycles. The van der Waals surface area contributed by atoms with Crippen LogP contribution in [-0.4, -0.2) is 12.1 Å². The number of thiazole rings is 1. The number of rotatable bonds is 4. The molecule has 1 aromatic heterocycles. The van der Waals surface area contributed by atoms with E-state index in [9.17, 15) is 0 Å². The van der Waals surface area contributed by atoms with Gasteiger partial charge < -0.3 is 10.5 Å². The van der Waals surface area contributed by atoms with E-state index in [0.29, 0.717) is 19.1 Å². The van der Waals surface area contributed by atoms with Gasteiger partial charge in [0.25, 0.3) is 0 Å². The zero-order valence-corrected chi connectivity index (χ0v) is 12.6. The topological polar surface area (TPSA) is 48.1 Å². The molecule has 0 saturated heterocycles. The fraction of sp³-hybridized carbons (Fsp3) is 0.438. The van der Waals surface area contributed by atoms with E-state index >= 15 is 0 Å². The number of fused-ring (bicyclic) bond motifs is 1. The van der Waals surface area contributed by atoms with Gasteiger partial charge in [-0.25, -0.2) is 4.98 Å². The Kier molecular flexibility index (Phi) is 4.15.